The zero-order chi connectivity index (χ0) is 21.7. The Kier molecular flexibility index (Phi) is 8.49. The number of hydrogen-bond acceptors (Lipinski definition) is 4. The molecule has 5 heteroatoms. The summed E-state index contributed by atoms with van der Waals surface area (Å²) in [5, 5.41) is 9.38. The maximum atomic E-state index is 10.0. The molecular formula is C26H24IrNO3-. The molecule has 0 saturated heterocycles. The maximum absolute atomic E-state index is 10.0. The van der Waals surface area contributed by atoms with Gasteiger partial charge in [-0.25, -0.2) is 0 Å². The van der Waals surface area contributed by atoms with Crippen LogP contribution >= 0.6 is 0 Å². The minimum atomic E-state index is -0.125. The molecule has 2 heterocycles. The third-order valence-corrected chi connectivity index (χ3v) is 4.29. The van der Waals surface area contributed by atoms with Crippen molar-refractivity contribution in [3.63, 3.8) is 0 Å². The van der Waals surface area contributed by atoms with Crippen molar-refractivity contribution >= 4 is 16.9 Å². The van der Waals surface area contributed by atoms with E-state index in [0.29, 0.717) is 5.71 Å². The van der Waals surface area contributed by atoms with Gasteiger partial charge in [-0.15, -0.1) is 35.9 Å². The summed E-state index contributed by atoms with van der Waals surface area (Å²) in [7, 11) is 0. The van der Waals surface area contributed by atoms with Crippen LogP contribution in [0.3, 0.4) is 0 Å². The summed E-state index contributed by atoms with van der Waals surface area (Å²) in [6, 6.07) is 23.6. The Bertz CT molecular complexity index is 1190. The number of benzene rings is 2. The number of pyridine rings is 1. The van der Waals surface area contributed by atoms with Crippen molar-refractivity contribution in [1.82, 2.24) is 4.98 Å². The van der Waals surface area contributed by atoms with Crippen LogP contribution in [0.15, 0.2) is 76.9 Å². The summed E-state index contributed by atoms with van der Waals surface area (Å²) in [4.78, 5) is 14.7. The van der Waals surface area contributed by atoms with E-state index in [-0.39, 0.29) is 31.6 Å². The van der Waals surface area contributed by atoms with Gasteiger partial charge >= 0.3 is 0 Å². The van der Waals surface area contributed by atoms with E-state index in [1.54, 1.807) is 0 Å². The summed E-state index contributed by atoms with van der Waals surface area (Å²) in [5.74, 6) is 0.793. The molecule has 2 aromatic heterocycles. The fraction of sp³-hybridized carbons (Fsp3) is 0.154. The molecule has 0 aliphatic carbocycles. The van der Waals surface area contributed by atoms with Gasteiger partial charge in [0.05, 0.1) is 5.76 Å². The Balaban J connectivity index is 0.000000373. The molecule has 0 atom stereocenters. The molecule has 0 fully saturated rings. The first-order chi connectivity index (χ1) is 14.3. The van der Waals surface area contributed by atoms with Crippen LogP contribution in [0, 0.1) is 19.9 Å². The Morgan fingerprint density at radius 3 is 2.29 bits per heavy atom. The predicted octanol–water partition coefficient (Wildman–Crippen LogP) is 6.61. The zero-order valence-electron chi connectivity index (χ0n) is 17.9. The molecule has 31 heavy (non-hydrogen) atoms. The smallest absolute Gasteiger partial charge is 0.217 e. The van der Waals surface area contributed by atoms with Gasteiger partial charge in [0.2, 0.25) is 5.71 Å². The second-order valence-electron chi connectivity index (χ2n) is 7.25. The zero-order valence-corrected chi connectivity index (χ0v) is 20.3. The van der Waals surface area contributed by atoms with Gasteiger partial charge in [0.1, 0.15) is 5.76 Å². The number of rotatable bonds is 3. The van der Waals surface area contributed by atoms with Crippen LogP contribution < -0.4 is 0 Å². The van der Waals surface area contributed by atoms with Crippen molar-refractivity contribution in [1.29, 1.82) is 0 Å². The standard InChI is InChI=1S/C21H16NO.C5H8O2.Ir/c1-14-10-15(2)12-18(11-14)20-13-17-8-9-19(22-21(17)23-20)16-6-4-3-5-7-16;1-4(6)3-5(2)7;/h3-6,8-13H,1-2H3;3,6H,1-2H3;/q-1;;/b;4-3-;. The number of nitrogens with zero attached hydrogens (tertiary/aromatic N) is 1. The van der Waals surface area contributed by atoms with E-state index in [1.165, 1.54) is 31.1 Å². The number of aryl methyl sites for hydroxylation is 2. The summed E-state index contributed by atoms with van der Waals surface area (Å²) < 4.78 is 6.00. The molecule has 1 N–H and O–H groups in total. The molecule has 0 bridgehead atoms. The second-order valence-corrected chi connectivity index (χ2v) is 7.25. The topological polar surface area (TPSA) is 63.3 Å². The number of furan rings is 1. The van der Waals surface area contributed by atoms with E-state index >= 15 is 0 Å². The fourth-order valence-corrected chi connectivity index (χ4v) is 3.17. The second kappa shape index (κ2) is 10.9. The molecule has 161 valence electrons. The van der Waals surface area contributed by atoms with Crippen LogP contribution in [0.4, 0.5) is 0 Å². The Morgan fingerprint density at radius 1 is 1.03 bits per heavy atom. The number of aromatic nitrogens is 1. The number of carbonyl (C=O) groups is 1. The summed E-state index contributed by atoms with van der Waals surface area (Å²) in [6.07, 6.45) is 1.17. The minimum Gasteiger partial charge on any atom is -0.512 e. The number of aliphatic hydroxyl groups is 1. The van der Waals surface area contributed by atoms with E-state index in [0.717, 1.165) is 28.0 Å². The van der Waals surface area contributed by atoms with Crippen molar-refractivity contribution in [3.8, 4) is 22.6 Å². The number of allylic oxidation sites excluding steroid dienone is 2. The number of fused-ring (bicyclic) bond motifs is 1. The fourth-order valence-electron chi connectivity index (χ4n) is 3.17. The third-order valence-electron chi connectivity index (χ3n) is 4.29. The van der Waals surface area contributed by atoms with Crippen LogP contribution in [0.2, 0.25) is 0 Å². The van der Waals surface area contributed by atoms with E-state index < -0.39 is 0 Å². The van der Waals surface area contributed by atoms with Crippen molar-refractivity contribution in [2.45, 2.75) is 27.7 Å². The van der Waals surface area contributed by atoms with Gasteiger partial charge in [-0.3, -0.25) is 9.78 Å². The number of ketones is 1. The molecule has 1 radical (unpaired) electrons. The van der Waals surface area contributed by atoms with Gasteiger partial charge in [-0.2, -0.15) is 0 Å². The van der Waals surface area contributed by atoms with Gasteiger partial charge in [-0.05, 0) is 51.6 Å². The molecule has 0 spiro atoms. The van der Waals surface area contributed by atoms with Crippen molar-refractivity contribution in [2.75, 3.05) is 0 Å². The average Bonchev–Trinajstić information content (AvgIpc) is 3.11. The molecule has 0 aliphatic heterocycles. The maximum Gasteiger partial charge on any atom is 0.217 e. The average molecular weight is 591 g/mol. The van der Waals surface area contributed by atoms with Crippen molar-refractivity contribution < 1.29 is 34.4 Å². The monoisotopic (exact) mass is 591 g/mol. The Morgan fingerprint density at radius 2 is 1.74 bits per heavy atom. The van der Waals surface area contributed by atoms with Gasteiger partial charge < -0.3 is 9.52 Å². The molecular weight excluding hydrogens is 567 g/mol. The predicted molar refractivity (Wildman–Crippen MR) is 120 cm³/mol. The SMILES string of the molecule is CC(=O)/C=C(/C)O.Cc1cc(C)cc(-c2cc3ccc(-c4[c-]cccc4)nc3o2)c1.[Ir]. The van der Waals surface area contributed by atoms with Crippen LogP contribution in [0.5, 0.6) is 0 Å². The Hall–Kier alpha value is -3.01. The molecule has 0 saturated carbocycles. The van der Waals surface area contributed by atoms with Gasteiger partial charge in [-0.1, -0.05) is 29.3 Å². The molecule has 0 amide bonds. The van der Waals surface area contributed by atoms with E-state index in [9.17, 15) is 4.79 Å². The molecule has 2 aromatic carbocycles. The van der Waals surface area contributed by atoms with Gasteiger partial charge in [0.15, 0.2) is 5.78 Å². The number of aliphatic hydroxyl groups excluding tert-OH is 1. The van der Waals surface area contributed by atoms with Crippen LogP contribution in [-0.2, 0) is 24.9 Å². The summed E-state index contributed by atoms with van der Waals surface area (Å²) in [5.41, 5.74) is 6.06. The Labute approximate surface area is 196 Å². The normalized spacial score (nSPS) is 10.8. The van der Waals surface area contributed by atoms with Crippen LogP contribution in [0.25, 0.3) is 33.7 Å². The van der Waals surface area contributed by atoms with Crippen molar-refractivity contribution in [3.05, 3.63) is 89.7 Å². The first-order valence-electron chi connectivity index (χ1n) is 9.66. The van der Waals surface area contributed by atoms with E-state index in [4.69, 9.17) is 9.52 Å². The summed E-state index contributed by atoms with van der Waals surface area (Å²) in [6.45, 7) is 7.04. The largest absolute Gasteiger partial charge is 0.512 e. The third kappa shape index (κ3) is 6.74. The van der Waals surface area contributed by atoms with Crippen molar-refractivity contribution in [2.24, 2.45) is 0 Å². The van der Waals surface area contributed by atoms with Gasteiger partial charge in [0.25, 0.3) is 0 Å². The quantitative estimate of drug-likeness (QED) is 0.166. The summed E-state index contributed by atoms with van der Waals surface area (Å²) >= 11 is 0. The molecule has 4 nitrogen and oxygen atoms in total. The van der Waals surface area contributed by atoms with E-state index in [1.807, 2.05) is 36.4 Å². The first kappa shape index (κ1) is 24.3. The molecule has 0 aliphatic rings. The van der Waals surface area contributed by atoms with E-state index in [2.05, 4.69) is 49.2 Å². The molecule has 4 rings (SSSR count). The van der Waals surface area contributed by atoms with Crippen LogP contribution in [0.1, 0.15) is 25.0 Å². The number of carbonyl (C=O) groups excluding carboxylic acids is 1. The van der Waals surface area contributed by atoms with Gasteiger partial charge in [0, 0.05) is 37.1 Å². The minimum absolute atomic E-state index is 0. The van der Waals surface area contributed by atoms with Crippen LogP contribution in [-0.4, -0.2) is 15.9 Å². The molecule has 4 aromatic rings. The first-order valence-corrected chi connectivity index (χ1v) is 9.66. The number of hydrogen-bond donors (Lipinski definition) is 1. The molecule has 0 unspecified atom stereocenters.